The van der Waals surface area contributed by atoms with Crippen LogP contribution < -0.4 is 10.5 Å². The molecular formula is C14H16N2O. The van der Waals surface area contributed by atoms with Crippen molar-refractivity contribution in [3.05, 3.63) is 53.9 Å². The molecule has 0 amide bonds. The Labute approximate surface area is 101 Å². The Balaban J connectivity index is 1.93. The summed E-state index contributed by atoms with van der Waals surface area (Å²) in [5, 5.41) is 0. The molecule has 0 saturated heterocycles. The van der Waals surface area contributed by atoms with Crippen LogP contribution in [0.3, 0.4) is 0 Å². The second-order valence-electron chi connectivity index (χ2n) is 3.93. The van der Waals surface area contributed by atoms with E-state index < -0.39 is 0 Å². The number of nitrogen functional groups attached to an aromatic ring is 1. The van der Waals surface area contributed by atoms with Crippen LogP contribution in [0.2, 0.25) is 0 Å². The molecule has 2 aromatic rings. The lowest BCUT2D eigenvalue weighted by molar-refractivity contribution is 0.320. The molecule has 1 heterocycles. The average molecular weight is 228 g/mol. The Kier molecular flexibility index (Phi) is 3.60. The topological polar surface area (TPSA) is 48.1 Å². The van der Waals surface area contributed by atoms with Crippen LogP contribution in [0.15, 0.2) is 42.7 Å². The maximum atomic E-state index is 5.81. The van der Waals surface area contributed by atoms with Gasteiger partial charge in [-0.25, -0.2) is 0 Å². The van der Waals surface area contributed by atoms with E-state index in [0.717, 1.165) is 23.4 Å². The molecule has 3 heteroatoms. The smallest absolute Gasteiger partial charge is 0.124 e. The van der Waals surface area contributed by atoms with Crippen LogP contribution in [0.5, 0.6) is 5.75 Å². The average Bonchev–Trinajstić information content (AvgIpc) is 2.36. The van der Waals surface area contributed by atoms with Crippen molar-refractivity contribution in [1.29, 1.82) is 0 Å². The Hall–Kier alpha value is -2.03. The number of ether oxygens (including phenoxy) is 1. The van der Waals surface area contributed by atoms with Crippen molar-refractivity contribution >= 4 is 5.69 Å². The lowest BCUT2D eigenvalue weighted by atomic mass is 10.2. The highest BCUT2D eigenvalue weighted by Crippen LogP contribution is 2.22. The monoisotopic (exact) mass is 228 g/mol. The molecule has 0 aliphatic rings. The molecule has 0 saturated carbocycles. The minimum Gasteiger partial charge on any atom is -0.493 e. The first-order valence-electron chi connectivity index (χ1n) is 5.64. The molecule has 0 radical (unpaired) electrons. The molecular weight excluding hydrogens is 212 g/mol. The van der Waals surface area contributed by atoms with E-state index in [1.165, 1.54) is 5.56 Å². The second kappa shape index (κ2) is 5.34. The highest BCUT2D eigenvalue weighted by Gasteiger charge is 2.02. The number of nitrogens with two attached hydrogens (primary N) is 1. The summed E-state index contributed by atoms with van der Waals surface area (Å²) < 4.78 is 5.71. The van der Waals surface area contributed by atoms with Gasteiger partial charge < -0.3 is 10.5 Å². The van der Waals surface area contributed by atoms with Gasteiger partial charge in [-0.05, 0) is 30.7 Å². The molecule has 0 unspecified atom stereocenters. The Bertz CT molecular complexity index is 483. The normalized spacial score (nSPS) is 10.2. The first-order chi connectivity index (χ1) is 8.27. The van der Waals surface area contributed by atoms with Crippen molar-refractivity contribution in [2.24, 2.45) is 0 Å². The van der Waals surface area contributed by atoms with Crippen molar-refractivity contribution < 1.29 is 4.74 Å². The molecule has 3 nitrogen and oxygen atoms in total. The fourth-order valence-electron chi connectivity index (χ4n) is 1.61. The van der Waals surface area contributed by atoms with Gasteiger partial charge in [0.2, 0.25) is 0 Å². The fraction of sp³-hybridized carbons (Fsp3) is 0.214. The molecule has 0 aliphatic carbocycles. The van der Waals surface area contributed by atoms with E-state index in [-0.39, 0.29) is 0 Å². The number of rotatable bonds is 4. The molecule has 0 bridgehead atoms. The summed E-state index contributed by atoms with van der Waals surface area (Å²) in [5.74, 6) is 0.855. The van der Waals surface area contributed by atoms with Crippen molar-refractivity contribution in [2.75, 3.05) is 12.3 Å². The van der Waals surface area contributed by atoms with Crippen LogP contribution >= 0.6 is 0 Å². The maximum absolute atomic E-state index is 5.81. The quantitative estimate of drug-likeness (QED) is 0.818. The first kappa shape index (κ1) is 11.5. The summed E-state index contributed by atoms with van der Waals surface area (Å²) in [6, 6.07) is 9.70. The first-order valence-corrected chi connectivity index (χ1v) is 5.64. The van der Waals surface area contributed by atoms with Crippen molar-refractivity contribution in [2.45, 2.75) is 13.3 Å². The van der Waals surface area contributed by atoms with Gasteiger partial charge in [-0.2, -0.15) is 0 Å². The number of pyridine rings is 1. The predicted molar refractivity (Wildman–Crippen MR) is 69.0 cm³/mol. The summed E-state index contributed by atoms with van der Waals surface area (Å²) in [5.41, 5.74) is 8.75. The highest BCUT2D eigenvalue weighted by molar-refractivity contribution is 5.53. The second-order valence-corrected chi connectivity index (χ2v) is 3.93. The minimum absolute atomic E-state index is 0.635. The summed E-state index contributed by atoms with van der Waals surface area (Å²) >= 11 is 0. The SMILES string of the molecule is Cc1c(N)cccc1OCCc1cccnc1. The fourth-order valence-corrected chi connectivity index (χ4v) is 1.61. The van der Waals surface area contributed by atoms with E-state index >= 15 is 0 Å². The van der Waals surface area contributed by atoms with Crippen molar-refractivity contribution in [3.8, 4) is 5.75 Å². The van der Waals surface area contributed by atoms with Crippen LogP contribution in [-0.4, -0.2) is 11.6 Å². The molecule has 17 heavy (non-hydrogen) atoms. The molecule has 0 spiro atoms. The molecule has 1 aromatic carbocycles. The maximum Gasteiger partial charge on any atom is 0.124 e. The lowest BCUT2D eigenvalue weighted by Gasteiger charge is -2.10. The van der Waals surface area contributed by atoms with E-state index in [4.69, 9.17) is 10.5 Å². The highest BCUT2D eigenvalue weighted by atomic mass is 16.5. The zero-order valence-corrected chi connectivity index (χ0v) is 9.89. The third-order valence-electron chi connectivity index (χ3n) is 2.70. The molecule has 1 aromatic heterocycles. The van der Waals surface area contributed by atoms with Gasteiger partial charge in [0.15, 0.2) is 0 Å². The number of aromatic nitrogens is 1. The number of nitrogens with zero attached hydrogens (tertiary/aromatic N) is 1. The summed E-state index contributed by atoms with van der Waals surface area (Å²) in [4.78, 5) is 4.07. The zero-order chi connectivity index (χ0) is 12.1. The molecule has 0 atom stereocenters. The van der Waals surface area contributed by atoms with Gasteiger partial charge in [0.1, 0.15) is 5.75 Å². The van der Waals surface area contributed by atoms with Gasteiger partial charge in [-0.3, -0.25) is 4.98 Å². The number of anilines is 1. The van der Waals surface area contributed by atoms with Gasteiger partial charge in [0, 0.05) is 30.1 Å². The molecule has 88 valence electrons. The Morgan fingerprint density at radius 3 is 2.88 bits per heavy atom. The number of hydrogen-bond acceptors (Lipinski definition) is 3. The predicted octanol–water partition coefficient (Wildman–Crippen LogP) is 2.59. The summed E-state index contributed by atoms with van der Waals surface area (Å²) in [6.45, 7) is 2.60. The van der Waals surface area contributed by atoms with E-state index in [9.17, 15) is 0 Å². The van der Waals surface area contributed by atoms with Gasteiger partial charge in [0.05, 0.1) is 6.61 Å². The van der Waals surface area contributed by atoms with Gasteiger partial charge in [-0.1, -0.05) is 12.1 Å². The zero-order valence-electron chi connectivity index (χ0n) is 9.89. The molecule has 0 aliphatic heterocycles. The Morgan fingerprint density at radius 1 is 1.24 bits per heavy atom. The van der Waals surface area contributed by atoms with Crippen molar-refractivity contribution in [1.82, 2.24) is 4.98 Å². The largest absolute Gasteiger partial charge is 0.493 e. The van der Waals surface area contributed by atoms with Crippen LogP contribution in [-0.2, 0) is 6.42 Å². The third kappa shape index (κ3) is 2.97. The van der Waals surface area contributed by atoms with E-state index in [1.807, 2.05) is 43.5 Å². The van der Waals surface area contributed by atoms with Gasteiger partial charge in [-0.15, -0.1) is 0 Å². The summed E-state index contributed by atoms with van der Waals surface area (Å²) in [7, 11) is 0. The van der Waals surface area contributed by atoms with Gasteiger partial charge in [0.25, 0.3) is 0 Å². The van der Waals surface area contributed by atoms with Crippen molar-refractivity contribution in [3.63, 3.8) is 0 Å². The van der Waals surface area contributed by atoms with E-state index in [0.29, 0.717) is 6.61 Å². The number of hydrogen-bond donors (Lipinski definition) is 1. The van der Waals surface area contributed by atoms with E-state index in [2.05, 4.69) is 4.98 Å². The molecule has 0 fully saturated rings. The molecule has 2 rings (SSSR count). The Morgan fingerprint density at radius 2 is 2.12 bits per heavy atom. The summed E-state index contributed by atoms with van der Waals surface area (Å²) in [6.07, 6.45) is 4.48. The lowest BCUT2D eigenvalue weighted by Crippen LogP contribution is -2.03. The van der Waals surface area contributed by atoms with Gasteiger partial charge >= 0.3 is 0 Å². The van der Waals surface area contributed by atoms with Crippen LogP contribution in [0, 0.1) is 6.92 Å². The molecule has 2 N–H and O–H groups in total. The van der Waals surface area contributed by atoms with Crippen LogP contribution in [0.1, 0.15) is 11.1 Å². The number of benzene rings is 1. The minimum atomic E-state index is 0.635. The van der Waals surface area contributed by atoms with E-state index in [1.54, 1.807) is 6.20 Å². The standard InChI is InChI=1S/C14H16N2O/c1-11-13(15)5-2-6-14(11)17-9-7-12-4-3-8-16-10-12/h2-6,8,10H,7,9,15H2,1H3. The van der Waals surface area contributed by atoms with Crippen LogP contribution in [0.4, 0.5) is 5.69 Å². The third-order valence-corrected chi connectivity index (χ3v) is 2.70. The van der Waals surface area contributed by atoms with Crippen LogP contribution in [0.25, 0.3) is 0 Å².